The van der Waals surface area contributed by atoms with E-state index in [1.165, 1.54) is 16.7 Å². The Hall–Kier alpha value is -1.61. The van der Waals surface area contributed by atoms with Crippen molar-refractivity contribution in [2.45, 2.75) is 45.6 Å². The van der Waals surface area contributed by atoms with Crippen LogP contribution in [0.3, 0.4) is 0 Å². The molecule has 2 aromatic rings. The van der Waals surface area contributed by atoms with E-state index in [4.69, 9.17) is 0 Å². The Kier molecular flexibility index (Phi) is 6.00. The van der Waals surface area contributed by atoms with Gasteiger partial charge in [0.1, 0.15) is 0 Å². The van der Waals surface area contributed by atoms with Crippen molar-refractivity contribution < 1.29 is 0 Å². The second-order valence-corrected chi connectivity index (χ2v) is 5.66. The molecule has 114 valence electrons. The summed E-state index contributed by atoms with van der Waals surface area (Å²) in [6.45, 7) is 5.48. The maximum atomic E-state index is 4.25. The lowest BCUT2D eigenvalue weighted by Gasteiger charge is -2.19. The van der Waals surface area contributed by atoms with E-state index in [-0.39, 0.29) is 0 Å². The average molecular weight is 285 g/mol. The molecule has 0 saturated carbocycles. The second kappa shape index (κ2) is 7.99. The van der Waals surface area contributed by atoms with Crippen LogP contribution in [0.5, 0.6) is 0 Å². The standard InChI is InChI=1S/C18H27N3/c1-4-12-19-18(11-8-16-13-20-21(3)14-16)17-9-6-15(5-2)7-10-17/h6-7,9-10,13-14,18-19H,4-5,8,11-12H2,1-3H3. The van der Waals surface area contributed by atoms with Gasteiger partial charge in [0.2, 0.25) is 0 Å². The lowest BCUT2D eigenvalue weighted by atomic mass is 9.98. The van der Waals surface area contributed by atoms with Crippen LogP contribution in [0.25, 0.3) is 0 Å². The summed E-state index contributed by atoms with van der Waals surface area (Å²) in [6, 6.07) is 9.47. The molecule has 1 N–H and O–H groups in total. The molecule has 0 aliphatic heterocycles. The predicted molar refractivity (Wildman–Crippen MR) is 88.4 cm³/mol. The largest absolute Gasteiger partial charge is 0.310 e. The first kappa shape index (κ1) is 15.8. The third-order valence-corrected chi connectivity index (χ3v) is 3.91. The molecule has 1 aromatic carbocycles. The van der Waals surface area contributed by atoms with Crippen molar-refractivity contribution in [1.82, 2.24) is 15.1 Å². The normalized spacial score (nSPS) is 12.5. The molecule has 0 aliphatic rings. The molecule has 1 aromatic heterocycles. The SMILES string of the molecule is CCCNC(CCc1cnn(C)c1)c1ccc(CC)cc1. The summed E-state index contributed by atoms with van der Waals surface area (Å²) in [7, 11) is 1.97. The minimum Gasteiger partial charge on any atom is -0.310 e. The number of hydrogen-bond donors (Lipinski definition) is 1. The number of rotatable bonds is 8. The molecule has 0 bridgehead atoms. The quantitative estimate of drug-likeness (QED) is 0.802. The molecule has 0 spiro atoms. The number of aromatic nitrogens is 2. The maximum Gasteiger partial charge on any atom is 0.0521 e. The van der Waals surface area contributed by atoms with Crippen molar-refractivity contribution >= 4 is 0 Å². The Labute approximate surface area is 128 Å². The van der Waals surface area contributed by atoms with Crippen LogP contribution in [0.1, 0.15) is 49.4 Å². The zero-order chi connectivity index (χ0) is 15.1. The lowest BCUT2D eigenvalue weighted by molar-refractivity contribution is 0.499. The van der Waals surface area contributed by atoms with E-state index in [1.807, 2.05) is 17.9 Å². The lowest BCUT2D eigenvalue weighted by Crippen LogP contribution is -2.22. The number of aryl methyl sites for hydroxylation is 3. The molecule has 0 radical (unpaired) electrons. The zero-order valence-electron chi connectivity index (χ0n) is 13.5. The fourth-order valence-electron chi connectivity index (χ4n) is 2.60. The summed E-state index contributed by atoms with van der Waals surface area (Å²) in [4.78, 5) is 0. The van der Waals surface area contributed by atoms with Gasteiger partial charge < -0.3 is 5.32 Å². The molecule has 1 atom stereocenters. The zero-order valence-corrected chi connectivity index (χ0v) is 13.5. The van der Waals surface area contributed by atoms with E-state index < -0.39 is 0 Å². The van der Waals surface area contributed by atoms with Gasteiger partial charge in [-0.05, 0) is 48.9 Å². The highest BCUT2D eigenvalue weighted by atomic mass is 15.2. The summed E-state index contributed by atoms with van der Waals surface area (Å²) < 4.78 is 1.87. The van der Waals surface area contributed by atoms with Crippen LogP contribution >= 0.6 is 0 Å². The summed E-state index contributed by atoms with van der Waals surface area (Å²) >= 11 is 0. The van der Waals surface area contributed by atoms with Crippen molar-refractivity contribution in [3.8, 4) is 0 Å². The van der Waals surface area contributed by atoms with Gasteiger partial charge in [0.25, 0.3) is 0 Å². The molecule has 0 fully saturated rings. The van der Waals surface area contributed by atoms with Gasteiger partial charge in [-0.15, -0.1) is 0 Å². The minimum absolute atomic E-state index is 0.427. The van der Waals surface area contributed by atoms with Gasteiger partial charge in [-0.25, -0.2) is 0 Å². The number of nitrogens with zero attached hydrogens (tertiary/aromatic N) is 2. The summed E-state index contributed by atoms with van der Waals surface area (Å²) in [5.74, 6) is 0. The van der Waals surface area contributed by atoms with Crippen LogP contribution in [0.2, 0.25) is 0 Å². The van der Waals surface area contributed by atoms with Gasteiger partial charge in [0.05, 0.1) is 6.20 Å². The monoisotopic (exact) mass is 285 g/mol. The van der Waals surface area contributed by atoms with Crippen molar-refractivity contribution in [2.24, 2.45) is 7.05 Å². The van der Waals surface area contributed by atoms with E-state index in [0.717, 1.165) is 32.2 Å². The predicted octanol–water partition coefficient (Wildman–Crippen LogP) is 3.66. The van der Waals surface area contributed by atoms with Gasteiger partial charge in [-0.1, -0.05) is 38.1 Å². The highest BCUT2D eigenvalue weighted by Gasteiger charge is 2.11. The highest BCUT2D eigenvalue weighted by Crippen LogP contribution is 2.20. The average Bonchev–Trinajstić information content (AvgIpc) is 2.93. The van der Waals surface area contributed by atoms with E-state index >= 15 is 0 Å². The molecule has 1 heterocycles. The first-order valence-corrected chi connectivity index (χ1v) is 8.02. The Bertz CT molecular complexity index is 528. The second-order valence-electron chi connectivity index (χ2n) is 5.66. The van der Waals surface area contributed by atoms with Crippen LogP contribution in [-0.2, 0) is 19.9 Å². The third-order valence-electron chi connectivity index (χ3n) is 3.91. The van der Waals surface area contributed by atoms with Crippen molar-refractivity contribution in [2.75, 3.05) is 6.54 Å². The van der Waals surface area contributed by atoms with Gasteiger partial charge in [0, 0.05) is 19.3 Å². The maximum absolute atomic E-state index is 4.25. The summed E-state index contributed by atoms with van der Waals surface area (Å²) in [5.41, 5.74) is 4.11. The van der Waals surface area contributed by atoms with Crippen molar-refractivity contribution in [1.29, 1.82) is 0 Å². The molecule has 0 saturated heterocycles. The molecule has 2 rings (SSSR count). The Morgan fingerprint density at radius 3 is 2.48 bits per heavy atom. The van der Waals surface area contributed by atoms with Crippen LogP contribution in [0.15, 0.2) is 36.7 Å². The van der Waals surface area contributed by atoms with Gasteiger partial charge in [-0.3, -0.25) is 4.68 Å². The van der Waals surface area contributed by atoms with Crippen molar-refractivity contribution in [3.05, 3.63) is 53.3 Å². The minimum atomic E-state index is 0.427. The first-order chi connectivity index (χ1) is 10.2. The fraction of sp³-hybridized carbons (Fsp3) is 0.500. The molecule has 3 heteroatoms. The van der Waals surface area contributed by atoms with E-state index in [1.54, 1.807) is 0 Å². The smallest absolute Gasteiger partial charge is 0.0521 e. The van der Waals surface area contributed by atoms with Crippen LogP contribution < -0.4 is 5.32 Å². The summed E-state index contributed by atoms with van der Waals surface area (Å²) in [5, 5.41) is 7.92. The van der Waals surface area contributed by atoms with E-state index in [2.05, 4.69) is 54.7 Å². The molecular weight excluding hydrogens is 258 g/mol. The van der Waals surface area contributed by atoms with Gasteiger partial charge in [-0.2, -0.15) is 5.10 Å². The van der Waals surface area contributed by atoms with Crippen LogP contribution in [-0.4, -0.2) is 16.3 Å². The highest BCUT2D eigenvalue weighted by molar-refractivity contribution is 5.25. The molecular formula is C18H27N3. The van der Waals surface area contributed by atoms with Gasteiger partial charge in [0.15, 0.2) is 0 Å². The van der Waals surface area contributed by atoms with Crippen molar-refractivity contribution in [3.63, 3.8) is 0 Å². The fourth-order valence-corrected chi connectivity index (χ4v) is 2.60. The number of nitrogens with one attached hydrogen (secondary N) is 1. The molecule has 3 nitrogen and oxygen atoms in total. The van der Waals surface area contributed by atoms with Crippen LogP contribution in [0.4, 0.5) is 0 Å². The Balaban J connectivity index is 2.01. The topological polar surface area (TPSA) is 29.9 Å². The first-order valence-electron chi connectivity index (χ1n) is 8.02. The molecule has 0 amide bonds. The Morgan fingerprint density at radius 1 is 1.14 bits per heavy atom. The third kappa shape index (κ3) is 4.71. The Morgan fingerprint density at radius 2 is 1.90 bits per heavy atom. The van der Waals surface area contributed by atoms with Gasteiger partial charge >= 0.3 is 0 Å². The molecule has 0 aliphatic carbocycles. The summed E-state index contributed by atoms with van der Waals surface area (Å²) in [6.07, 6.45) is 8.51. The van der Waals surface area contributed by atoms with Crippen LogP contribution in [0, 0.1) is 0 Å². The van der Waals surface area contributed by atoms with E-state index in [9.17, 15) is 0 Å². The molecule has 21 heavy (non-hydrogen) atoms. The number of benzene rings is 1. The van der Waals surface area contributed by atoms with E-state index in [0.29, 0.717) is 6.04 Å². The molecule has 1 unspecified atom stereocenters. The number of hydrogen-bond acceptors (Lipinski definition) is 2.